The lowest BCUT2D eigenvalue weighted by molar-refractivity contribution is -0.0122. The summed E-state index contributed by atoms with van der Waals surface area (Å²) >= 11 is 0. The van der Waals surface area contributed by atoms with E-state index in [1.165, 1.54) is 0 Å². The Morgan fingerprint density at radius 3 is 2.94 bits per heavy atom. The normalized spacial score (nSPS) is 22.2. The van der Waals surface area contributed by atoms with Crippen LogP contribution in [0.25, 0.3) is 0 Å². The van der Waals surface area contributed by atoms with Crippen molar-refractivity contribution < 1.29 is 9.26 Å². The molecule has 2 heterocycles. The summed E-state index contributed by atoms with van der Waals surface area (Å²) in [5, 5.41) is 4.09. The van der Waals surface area contributed by atoms with Gasteiger partial charge in [-0.15, -0.1) is 0 Å². The molecule has 1 atom stereocenters. The second-order valence-electron chi connectivity index (χ2n) is 4.77. The summed E-state index contributed by atoms with van der Waals surface area (Å²) < 4.78 is 10.8. The molecular formula is C12H21N3O2. The number of ether oxygens (including phenoxy) is 1. The van der Waals surface area contributed by atoms with Crippen LogP contribution in [0.2, 0.25) is 0 Å². The minimum Gasteiger partial charge on any atom is -0.378 e. The maximum atomic E-state index is 5.52. The van der Waals surface area contributed by atoms with Crippen LogP contribution in [0.1, 0.15) is 50.9 Å². The zero-order valence-corrected chi connectivity index (χ0v) is 10.8. The average Bonchev–Trinajstić information content (AvgIpc) is 2.79. The van der Waals surface area contributed by atoms with Crippen LogP contribution in [-0.2, 0) is 4.74 Å². The van der Waals surface area contributed by atoms with Crippen molar-refractivity contribution in [3.05, 3.63) is 11.7 Å². The van der Waals surface area contributed by atoms with E-state index in [2.05, 4.69) is 35.8 Å². The maximum absolute atomic E-state index is 5.52. The molecule has 1 aromatic heterocycles. The van der Waals surface area contributed by atoms with Crippen LogP contribution in [0, 0.1) is 0 Å². The number of hydrogen-bond acceptors (Lipinski definition) is 5. The molecule has 17 heavy (non-hydrogen) atoms. The summed E-state index contributed by atoms with van der Waals surface area (Å²) in [6.07, 6.45) is 1.13. The van der Waals surface area contributed by atoms with Crippen LogP contribution in [-0.4, -0.2) is 41.3 Å². The van der Waals surface area contributed by atoms with Crippen molar-refractivity contribution in [3.63, 3.8) is 0 Å². The summed E-state index contributed by atoms with van der Waals surface area (Å²) in [7, 11) is 0. The average molecular weight is 239 g/mol. The van der Waals surface area contributed by atoms with Gasteiger partial charge in [0, 0.05) is 12.5 Å². The fraction of sp³-hybridized carbons (Fsp3) is 0.833. The molecule has 0 amide bonds. The van der Waals surface area contributed by atoms with E-state index in [9.17, 15) is 0 Å². The molecule has 1 aromatic rings. The van der Waals surface area contributed by atoms with E-state index in [-0.39, 0.29) is 12.0 Å². The van der Waals surface area contributed by atoms with Gasteiger partial charge in [0.15, 0.2) is 5.82 Å². The third kappa shape index (κ3) is 2.84. The van der Waals surface area contributed by atoms with Crippen LogP contribution >= 0.6 is 0 Å². The van der Waals surface area contributed by atoms with E-state index in [0.717, 1.165) is 31.9 Å². The Morgan fingerprint density at radius 2 is 2.29 bits per heavy atom. The second-order valence-corrected chi connectivity index (χ2v) is 4.77. The molecule has 0 radical (unpaired) electrons. The minimum absolute atomic E-state index is 0.153. The summed E-state index contributed by atoms with van der Waals surface area (Å²) in [4.78, 5) is 6.84. The van der Waals surface area contributed by atoms with Crippen LogP contribution in [0.15, 0.2) is 4.52 Å². The quantitative estimate of drug-likeness (QED) is 0.804. The SMILES string of the molecule is CCCN1CCOC[C@H]1c1noc(C(C)C)n1. The van der Waals surface area contributed by atoms with Crippen LogP contribution in [0.4, 0.5) is 0 Å². The molecule has 2 rings (SSSR count). The second kappa shape index (κ2) is 5.60. The van der Waals surface area contributed by atoms with Gasteiger partial charge in [0.25, 0.3) is 0 Å². The molecule has 1 aliphatic heterocycles. The Morgan fingerprint density at radius 1 is 1.47 bits per heavy atom. The molecule has 0 aromatic carbocycles. The predicted octanol–water partition coefficient (Wildman–Crippen LogP) is 1.98. The van der Waals surface area contributed by atoms with E-state index in [4.69, 9.17) is 9.26 Å². The molecule has 96 valence electrons. The fourth-order valence-electron chi connectivity index (χ4n) is 2.05. The number of morpholine rings is 1. The molecule has 0 saturated carbocycles. The van der Waals surface area contributed by atoms with Crippen molar-refractivity contribution in [1.29, 1.82) is 0 Å². The van der Waals surface area contributed by atoms with Gasteiger partial charge >= 0.3 is 0 Å². The van der Waals surface area contributed by atoms with Crippen molar-refractivity contribution in [2.45, 2.75) is 39.2 Å². The molecular weight excluding hydrogens is 218 g/mol. The minimum atomic E-state index is 0.153. The molecule has 0 N–H and O–H groups in total. The largest absolute Gasteiger partial charge is 0.378 e. The monoisotopic (exact) mass is 239 g/mol. The van der Waals surface area contributed by atoms with Gasteiger partial charge in [0.2, 0.25) is 5.89 Å². The van der Waals surface area contributed by atoms with Gasteiger partial charge in [-0.3, -0.25) is 4.90 Å². The number of nitrogens with zero attached hydrogens (tertiary/aromatic N) is 3. The summed E-state index contributed by atoms with van der Waals surface area (Å²) in [5.41, 5.74) is 0. The van der Waals surface area contributed by atoms with Crippen LogP contribution in [0.3, 0.4) is 0 Å². The first kappa shape index (κ1) is 12.5. The highest BCUT2D eigenvalue weighted by Gasteiger charge is 2.28. The van der Waals surface area contributed by atoms with Crippen molar-refractivity contribution in [2.75, 3.05) is 26.3 Å². The van der Waals surface area contributed by atoms with Gasteiger partial charge in [-0.25, -0.2) is 0 Å². The summed E-state index contributed by atoms with van der Waals surface area (Å²) in [5.74, 6) is 1.75. The first-order valence-corrected chi connectivity index (χ1v) is 6.37. The number of aromatic nitrogens is 2. The lowest BCUT2D eigenvalue weighted by Gasteiger charge is -2.33. The first-order chi connectivity index (χ1) is 8.22. The first-order valence-electron chi connectivity index (χ1n) is 6.37. The highest BCUT2D eigenvalue weighted by molar-refractivity contribution is 4.98. The van der Waals surface area contributed by atoms with Gasteiger partial charge in [-0.1, -0.05) is 25.9 Å². The van der Waals surface area contributed by atoms with E-state index in [0.29, 0.717) is 12.5 Å². The van der Waals surface area contributed by atoms with E-state index in [1.807, 2.05) is 0 Å². The van der Waals surface area contributed by atoms with Gasteiger partial charge in [0.05, 0.1) is 19.3 Å². The smallest absolute Gasteiger partial charge is 0.229 e. The zero-order chi connectivity index (χ0) is 12.3. The van der Waals surface area contributed by atoms with Crippen LogP contribution < -0.4 is 0 Å². The highest BCUT2D eigenvalue weighted by atomic mass is 16.5. The maximum Gasteiger partial charge on any atom is 0.229 e. The lowest BCUT2D eigenvalue weighted by Crippen LogP contribution is -2.40. The van der Waals surface area contributed by atoms with Crippen molar-refractivity contribution in [3.8, 4) is 0 Å². The van der Waals surface area contributed by atoms with Gasteiger partial charge in [0.1, 0.15) is 0 Å². The molecule has 1 aliphatic rings. The zero-order valence-electron chi connectivity index (χ0n) is 10.8. The van der Waals surface area contributed by atoms with E-state index in [1.54, 1.807) is 0 Å². The Bertz CT molecular complexity index is 349. The molecule has 1 saturated heterocycles. The Balaban J connectivity index is 2.11. The molecule has 0 aliphatic carbocycles. The Hall–Kier alpha value is -0.940. The van der Waals surface area contributed by atoms with Gasteiger partial charge in [-0.05, 0) is 13.0 Å². The lowest BCUT2D eigenvalue weighted by atomic mass is 10.2. The standard InChI is InChI=1S/C12H21N3O2/c1-4-5-15-6-7-16-8-10(15)11-13-12(9(2)3)17-14-11/h9-10H,4-8H2,1-3H3/t10-/m0/s1. The summed E-state index contributed by atoms with van der Waals surface area (Å²) in [6.45, 7) is 9.76. The Kier molecular flexibility index (Phi) is 4.12. The number of hydrogen-bond donors (Lipinski definition) is 0. The van der Waals surface area contributed by atoms with Crippen molar-refractivity contribution >= 4 is 0 Å². The predicted molar refractivity (Wildman–Crippen MR) is 63.8 cm³/mol. The van der Waals surface area contributed by atoms with Gasteiger partial charge in [-0.2, -0.15) is 4.98 Å². The van der Waals surface area contributed by atoms with Crippen molar-refractivity contribution in [2.24, 2.45) is 0 Å². The Labute approximate surface area is 102 Å². The molecule has 0 spiro atoms. The highest BCUT2D eigenvalue weighted by Crippen LogP contribution is 2.23. The topological polar surface area (TPSA) is 51.4 Å². The summed E-state index contributed by atoms with van der Waals surface area (Å²) in [6, 6.07) is 0.153. The fourth-order valence-corrected chi connectivity index (χ4v) is 2.05. The van der Waals surface area contributed by atoms with Crippen molar-refractivity contribution in [1.82, 2.24) is 15.0 Å². The van der Waals surface area contributed by atoms with Crippen LogP contribution in [0.5, 0.6) is 0 Å². The van der Waals surface area contributed by atoms with Gasteiger partial charge < -0.3 is 9.26 Å². The third-order valence-electron chi connectivity index (χ3n) is 3.00. The van der Waals surface area contributed by atoms with E-state index < -0.39 is 0 Å². The van der Waals surface area contributed by atoms with E-state index >= 15 is 0 Å². The molecule has 0 unspecified atom stereocenters. The molecule has 1 fully saturated rings. The molecule has 5 nitrogen and oxygen atoms in total. The number of rotatable bonds is 4. The molecule has 0 bridgehead atoms. The molecule has 5 heteroatoms. The third-order valence-corrected chi connectivity index (χ3v) is 3.00.